The predicted octanol–water partition coefficient (Wildman–Crippen LogP) is 2.50. The Morgan fingerprint density at radius 3 is 2.84 bits per heavy atom. The molecule has 134 valence electrons. The lowest BCUT2D eigenvalue weighted by Crippen LogP contribution is -2.47. The lowest BCUT2D eigenvalue weighted by molar-refractivity contribution is 0.0623. The van der Waals surface area contributed by atoms with Crippen molar-refractivity contribution in [2.75, 3.05) is 17.8 Å². The molecule has 25 heavy (non-hydrogen) atoms. The second-order valence-corrected chi connectivity index (χ2v) is 8.86. The van der Waals surface area contributed by atoms with E-state index in [2.05, 4.69) is 4.72 Å². The van der Waals surface area contributed by atoms with Crippen LogP contribution in [0.3, 0.4) is 0 Å². The second kappa shape index (κ2) is 7.55. The van der Waals surface area contributed by atoms with Crippen LogP contribution in [0, 0.1) is 0 Å². The molecular formula is C17H21N3O3S2. The Hall–Kier alpha value is -1.90. The van der Waals surface area contributed by atoms with Gasteiger partial charge >= 0.3 is 0 Å². The molecule has 3 N–H and O–H groups in total. The van der Waals surface area contributed by atoms with Gasteiger partial charge in [0.1, 0.15) is 4.21 Å². The standard InChI is InChI=1S/C17H21N3O3S2/c18-12-15-7-1-2-9-20(15)17(21)13-5-3-6-14(11-13)19-25(22,23)16-8-4-10-24-16/h3-6,8,10-11,15,19H,1-2,7,9,12,18H2. The quantitative estimate of drug-likeness (QED) is 0.835. The monoisotopic (exact) mass is 379 g/mol. The van der Waals surface area contributed by atoms with Gasteiger partial charge in [0.2, 0.25) is 0 Å². The molecule has 1 amide bonds. The molecule has 2 heterocycles. The normalized spacial score (nSPS) is 18.1. The number of carbonyl (C=O) groups excluding carboxylic acids is 1. The molecule has 0 bridgehead atoms. The van der Waals surface area contributed by atoms with Crippen molar-refractivity contribution in [3.63, 3.8) is 0 Å². The number of likely N-dealkylation sites (tertiary alicyclic amines) is 1. The average molecular weight is 380 g/mol. The molecule has 1 atom stereocenters. The van der Waals surface area contributed by atoms with Crippen LogP contribution in [-0.4, -0.2) is 38.4 Å². The molecule has 0 spiro atoms. The van der Waals surface area contributed by atoms with Gasteiger partial charge in [0.25, 0.3) is 15.9 Å². The fourth-order valence-corrected chi connectivity index (χ4v) is 5.06. The molecule has 1 aliphatic heterocycles. The molecule has 1 fully saturated rings. The molecule has 0 radical (unpaired) electrons. The van der Waals surface area contributed by atoms with Gasteiger partial charge in [-0.1, -0.05) is 12.1 Å². The van der Waals surface area contributed by atoms with E-state index in [1.54, 1.807) is 46.7 Å². The minimum atomic E-state index is -3.63. The number of rotatable bonds is 5. The lowest BCUT2D eigenvalue weighted by atomic mass is 10.0. The number of amides is 1. The number of piperidine rings is 1. The number of carbonyl (C=O) groups is 1. The van der Waals surface area contributed by atoms with E-state index in [1.165, 1.54) is 0 Å². The van der Waals surface area contributed by atoms with Crippen LogP contribution in [0.25, 0.3) is 0 Å². The average Bonchev–Trinajstić information content (AvgIpc) is 3.16. The summed E-state index contributed by atoms with van der Waals surface area (Å²) in [5.41, 5.74) is 6.63. The van der Waals surface area contributed by atoms with Crippen molar-refractivity contribution in [3.05, 3.63) is 47.3 Å². The minimum Gasteiger partial charge on any atom is -0.334 e. The predicted molar refractivity (Wildman–Crippen MR) is 99.3 cm³/mol. The molecule has 1 saturated heterocycles. The summed E-state index contributed by atoms with van der Waals surface area (Å²) in [5, 5.41) is 1.71. The molecule has 0 saturated carbocycles. The maximum absolute atomic E-state index is 12.8. The molecule has 1 aromatic carbocycles. The Morgan fingerprint density at radius 2 is 2.12 bits per heavy atom. The number of hydrogen-bond acceptors (Lipinski definition) is 5. The Bertz CT molecular complexity index is 835. The smallest absolute Gasteiger partial charge is 0.271 e. The number of hydrogen-bond donors (Lipinski definition) is 2. The van der Waals surface area contributed by atoms with Gasteiger partial charge in [0.05, 0.1) is 0 Å². The molecule has 6 nitrogen and oxygen atoms in total. The number of anilines is 1. The first kappa shape index (κ1) is 17.9. The Kier molecular flexibility index (Phi) is 5.41. The van der Waals surface area contributed by atoms with Gasteiger partial charge in [-0.3, -0.25) is 9.52 Å². The Labute approximate surface area is 151 Å². The van der Waals surface area contributed by atoms with Gasteiger partial charge < -0.3 is 10.6 Å². The summed E-state index contributed by atoms with van der Waals surface area (Å²) in [4.78, 5) is 14.6. The number of benzene rings is 1. The van der Waals surface area contributed by atoms with Crippen LogP contribution >= 0.6 is 11.3 Å². The van der Waals surface area contributed by atoms with E-state index in [1.807, 2.05) is 0 Å². The first-order valence-corrected chi connectivity index (χ1v) is 10.5. The van der Waals surface area contributed by atoms with E-state index in [4.69, 9.17) is 5.73 Å². The molecule has 8 heteroatoms. The highest BCUT2D eigenvalue weighted by Crippen LogP contribution is 2.23. The highest BCUT2D eigenvalue weighted by atomic mass is 32.2. The zero-order chi connectivity index (χ0) is 17.9. The van der Waals surface area contributed by atoms with Crippen LogP contribution in [0.1, 0.15) is 29.6 Å². The van der Waals surface area contributed by atoms with Crippen molar-refractivity contribution < 1.29 is 13.2 Å². The molecule has 1 aromatic heterocycles. The van der Waals surface area contributed by atoms with Crippen molar-refractivity contribution in [3.8, 4) is 0 Å². The molecule has 2 aromatic rings. The summed E-state index contributed by atoms with van der Waals surface area (Å²) in [6.07, 6.45) is 2.95. The number of nitrogens with zero attached hydrogens (tertiary/aromatic N) is 1. The Balaban J connectivity index is 1.80. The highest BCUT2D eigenvalue weighted by molar-refractivity contribution is 7.94. The summed E-state index contributed by atoms with van der Waals surface area (Å²) >= 11 is 1.15. The summed E-state index contributed by atoms with van der Waals surface area (Å²) in [6, 6.07) is 9.87. The zero-order valence-corrected chi connectivity index (χ0v) is 15.4. The van der Waals surface area contributed by atoms with Crippen molar-refractivity contribution >= 4 is 33.0 Å². The maximum Gasteiger partial charge on any atom is 0.271 e. The first-order valence-electron chi connectivity index (χ1n) is 8.19. The van der Waals surface area contributed by atoms with E-state index in [0.717, 1.165) is 30.6 Å². The largest absolute Gasteiger partial charge is 0.334 e. The van der Waals surface area contributed by atoms with Crippen LogP contribution < -0.4 is 10.5 Å². The van der Waals surface area contributed by atoms with Gasteiger partial charge in [-0.25, -0.2) is 8.42 Å². The van der Waals surface area contributed by atoms with E-state index in [-0.39, 0.29) is 16.2 Å². The van der Waals surface area contributed by atoms with Crippen LogP contribution in [0.5, 0.6) is 0 Å². The lowest BCUT2D eigenvalue weighted by Gasteiger charge is -2.35. The molecule has 3 rings (SSSR count). The van der Waals surface area contributed by atoms with Gasteiger partial charge in [-0.05, 0) is 48.9 Å². The van der Waals surface area contributed by atoms with E-state index in [0.29, 0.717) is 24.3 Å². The summed E-state index contributed by atoms with van der Waals surface area (Å²) in [7, 11) is -3.63. The van der Waals surface area contributed by atoms with Crippen LogP contribution in [-0.2, 0) is 10.0 Å². The Morgan fingerprint density at radius 1 is 1.28 bits per heavy atom. The van der Waals surface area contributed by atoms with Gasteiger partial charge in [0, 0.05) is 30.4 Å². The molecular weight excluding hydrogens is 358 g/mol. The topological polar surface area (TPSA) is 92.5 Å². The molecule has 0 aliphatic carbocycles. The third-order valence-electron chi connectivity index (χ3n) is 4.28. The molecule has 1 aliphatic rings. The fourth-order valence-electron chi connectivity index (χ4n) is 3.02. The van der Waals surface area contributed by atoms with E-state index >= 15 is 0 Å². The second-order valence-electron chi connectivity index (χ2n) is 6.00. The van der Waals surface area contributed by atoms with Crippen molar-refractivity contribution in [2.24, 2.45) is 5.73 Å². The van der Waals surface area contributed by atoms with E-state index < -0.39 is 10.0 Å². The van der Waals surface area contributed by atoms with Crippen molar-refractivity contribution in [1.29, 1.82) is 0 Å². The summed E-state index contributed by atoms with van der Waals surface area (Å²) in [6.45, 7) is 1.13. The number of nitrogens with two attached hydrogens (primary N) is 1. The van der Waals surface area contributed by atoms with Gasteiger partial charge in [0.15, 0.2) is 0 Å². The zero-order valence-electron chi connectivity index (χ0n) is 13.7. The first-order chi connectivity index (χ1) is 12.0. The number of nitrogens with one attached hydrogen (secondary N) is 1. The minimum absolute atomic E-state index is 0.0488. The SMILES string of the molecule is NCC1CCCCN1C(=O)c1cccc(NS(=O)(=O)c2cccs2)c1. The van der Waals surface area contributed by atoms with Gasteiger partial charge in [-0.2, -0.15) is 0 Å². The van der Waals surface area contributed by atoms with Crippen molar-refractivity contribution in [1.82, 2.24) is 4.90 Å². The third kappa shape index (κ3) is 4.02. The number of sulfonamides is 1. The summed E-state index contributed by atoms with van der Waals surface area (Å²) in [5.74, 6) is -0.104. The summed E-state index contributed by atoms with van der Waals surface area (Å²) < 4.78 is 27.4. The molecule has 1 unspecified atom stereocenters. The fraction of sp³-hybridized carbons (Fsp3) is 0.353. The third-order valence-corrected chi connectivity index (χ3v) is 7.06. The maximum atomic E-state index is 12.8. The number of thiophene rings is 1. The van der Waals surface area contributed by atoms with Crippen molar-refractivity contribution in [2.45, 2.75) is 29.5 Å². The van der Waals surface area contributed by atoms with Crippen LogP contribution in [0.15, 0.2) is 46.0 Å². The highest BCUT2D eigenvalue weighted by Gasteiger charge is 2.26. The van der Waals surface area contributed by atoms with Crippen LogP contribution in [0.4, 0.5) is 5.69 Å². The van der Waals surface area contributed by atoms with Gasteiger partial charge in [-0.15, -0.1) is 11.3 Å². The van der Waals surface area contributed by atoms with E-state index in [9.17, 15) is 13.2 Å². The van der Waals surface area contributed by atoms with Crippen LogP contribution in [0.2, 0.25) is 0 Å².